The number of carbonyl (C=O) groups excluding carboxylic acids is 1. The third-order valence-electron chi connectivity index (χ3n) is 3.36. The Hall–Kier alpha value is -1.82. The molecule has 7 heteroatoms. The zero-order valence-electron chi connectivity index (χ0n) is 12.8. The zero-order chi connectivity index (χ0) is 17.8. The van der Waals surface area contributed by atoms with E-state index in [4.69, 9.17) is 32.7 Å². The Kier molecular flexibility index (Phi) is 5.78. The van der Waals surface area contributed by atoms with Gasteiger partial charge in [0, 0.05) is 16.9 Å². The third-order valence-corrected chi connectivity index (χ3v) is 4.20. The van der Waals surface area contributed by atoms with Crippen LogP contribution < -0.4 is 9.47 Å². The summed E-state index contributed by atoms with van der Waals surface area (Å²) >= 11 is 15.5. The second kappa shape index (κ2) is 8.04. The first-order valence-electron chi connectivity index (χ1n) is 7.34. The fourth-order valence-corrected chi connectivity index (χ4v) is 2.86. The minimum absolute atomic E-state index is 0.186. The van der Waals surface area contributed by atoms with E-state index in [0.717, 1.165) is 0 Å². The summed E-state index contributed by atoms with van der Waals surface area (Å²) in [6.45, 7) is 0.448. The van der Waals surface area contributed by atoms with Crippen LogP contribution in [0.15, 0.2) is 48.7 Å². The number of pyridine rings is 1. The summed E-state index contributed by atoms with van der Waals surface area (Å²) in [5, 5.41) is 2.09. The van der Waals surface area contributed by atoms with E-state index in [1.54, 1.807) is 42.5 Å². The highest BCUT2D eigenvalue weighted by molar-refractivity contribution is 9.09. The second-order valence-corrected chi connectivity index (χ2v) is 6.66. The molecule has 0 aliphatic rings. The smallest absolute Gasteiger partial charge is 0.347 e. The van der Waals surface area contributed by atoms with Gasteiger partial charge in [-0.15, -0.1) is 0 Å². The summed E-state index contributed by atoms with van der Waals surface area (Å²) in [6.07, 6.45) is 1.46. The lowest BCUT2D eigenvalue weighted by Crippen LogP contribution is -2.12. The van der Waals surface area contributed by atoms with Crippen LogP contribution in [0.5, 0.6) is 11.5 Å². The van der Waals surface area contributed by atoms with Crippen molar-refractivity contribution in [3.05, 3.63) is 64.3 Å². The zero-order valence-corrected chi connectivity index (χ0v) is 15.9. The molecule has 0 aliphatic heterocycles. The SMILES string of the molecule is O=C(Oc1ccccc1OCCBr)c1c(Cl)ccc2cc(Cl)cnc12. The Balaban J connectivity index is 1.97. The normalized spacial score (nSPS) is 10.7. The number of hydrogen-bond acceptors (Lipinski definition) is 4. The number of carbonyl (C=O) groups is 1. The van der Waals surface area contributed by atoms with Crippen LogP contribution in [0.2, 0.25) is 10.0 Å². The van der Waals surface area contributed by atoms with Gasteiger partial charge in [-0.05, 0) is 24.3 Å². The molecule has 0 bridgehead atoms. The van der Waals surface area contributed by atoms with Gasteiger partial charge in [-0.3, -0.25) is 4.98 Å². The predicted molar refractivity (Wildman–Crippen MR) is 102 cm³/mol. The number of alkyl halides is 1. The molecule has 0 aliphatic carbocycles. The summed E-state index contributed by atoms with van der Waals surface area (Å²) in [5.41, 5.74) is 0.617. The summed E-state index contributed by atoms with van der Waals surface area (Å²) in [7, 11) is 0. The molecule has 4 nitrogen and oxygen atoms in total. The second-order valence-electron chi connectivity index (χ2n) is 5.02. The van der Waals surface area contributed by atoms with Crippen LogP contribution in [0, 0.1) is 0 Å². The average Bonchev–Trinajstić information content (AvgIpc) is 2.61. The summed E-state index contributed by atoms with van der Waals surface area (Å²) < 4.78 is 11.1. The van der Waals surface area contributed by atoms with Gasteiger partial charge in [0.25, 0.3) is 0 Å². The molecular formula is C18H12BrCl2NO3. The molecule has 0 spiro atoms. The highest BCUT2D eigenvalue weighted by Gasteiger charge is 2.19. The average molecular weight is 441 g/mol. The summed E-state index contributed by atoms with van der Waals surface area (Å²) in [5.74, 6) is 0.179. The number of benzene rings is 2. The molecule has 0 amide bonds. The van der Waals surface area contributed by atoms with Crippen molar-refractivity contribution in [2.24, 2.45) is 0 Å². The lowest BCUT2D eigenvalue weighted by molar-refractivity contribution is 0.0730. The van der Waals surface area contributed by atoms with Crippen molar-refractivity contribution in [1.29, 1.82) is 0 Å². The lowest BCUT2D eigenvalue weighted by atomic mass is 10.1. The summed E-state index contributed by atoms with van der Waals surface area (Å²) in [6, 6.07) is 12.0. The Labute approximate surface area is 162 Å². The van der Waals surface area contributed by atoms with Gasteiger partial charge < -0.3 is 9.47 Å². The minimum atomic E-state index is -0.611. The van der Waals surface area contributed by atoms with Gasteiger partial charge in [-0.2, -0.15) is 0 Å². The van der Waals surface area contributed by atoms with Crippen molar-refractivity contribution in [3.63, 3.8) is 0 Å². The topological polar surface area (TPSA) is 48.4 Å². The number of para-hydroxylation sites is 2. The van der Waals surface area contributed by atoms with E-state index in [-0.39, 0.29) is 10.6 Å². The Morgan fingerprint density at radius 1 is 1.12 bits per heavy atom. The van der Waals surface area contributed by atoms with Crippen LogP contribution in [0.4, 0.5) is 0 Å². The van der Waals surface area contributed by atoms with Gasteiger partial charge in [0.05, 0.1) is 22.2 Å². The van der Waals surface area contributed by atoms with Crippen molar-refractivity contribution >= 4 is 56.0 Å². The van der Waals surface area contributed by atoms with Gasteiger partial charge in [0.2, 0.25) is 0 Å². The standard InChI is InChI=1S/C18H12BrCl2NO3/c19-7-8-24-14-3-1-2-4-15(14)25-18(23)16-13(21)6-5-11-9-12(20)10-22-17(11)16/h1-6,9-10H,7-8H2. The van der Waals surface area contributed by atoms with Crippen LogP contribution in [0.25, 0.3) is 10.9 Å². The Morgan fingerprint density at radius 3 is 2.64 bits per heavy atom. The highest BCUT2D eigenvalue weighted by atomic mass is 79.9. The largest absolute Gasteiger partial charge is 0.489 e. The molecular weight excluding hydrogens is 429 g/mol. The molecule has 3 rings (SSSR count). The molecule has 25 heavy (non-hydrogen) atoms. The van der Waals surface area contributed by atoms with Crippen LogP contribution in [0.1, 0.15) is 10.4 Å². The van der Waals surface area contributed by atoms with Crippen LogP contribution in [-0.4, -0.2) is 22.9 Å². The molecule has 0 saturated carbocycles. The van der Waals surface area contributed by atoms with Gasteiger partial charge in [-0.1, -0.05) is 57.3 Å². The highest BCUT2D eigenvalue weighted by Crippen LogP contribution is 2.31. The fraction of sp³-hybridized carbons (Fsp3) is 0.111. The van der Waals surface area contributed by atoms with Crippen molar-refractivity contribution in [2.45, 2.75) is 0 Å². The van der Waals surface area contributed by atoms with Crippen LogP contribution >= 0.6 is 39.1 Å². The maximum absolute atomic E-state index is 12.7. The van der Waals surface area contributed by atoms with E-state index in [1.807, 2.05) is 0 Å². The maximum atomic E-state index is 12.7. The molecule has 0 fully saturated rings. The van der Waals surface area contributed by atoms with Crippen molar-refractivity contribution < 1.29 is 14.3 Å². The fourth-order valence-electron chi connectivity index (χ4n) is 2.30. The van der Waals surface area contributed by atoms with E-state index in [2.05, 4.69) is 20.9 Å². The number of fused-ring (bicyclic) bond motifs is 1. The molecule has 0 saturated heterocycles. The van der Waals surface area contributed by atoms with Gasteiger partial charge in [0.15, 0.2) is 11.5 Å². The first-order valence-corrected chi connectivity index (χ1v) is 9.21. The number of hydrogen-bond donors (Lipinski definition) is 0. The van der Waals surface area contributed by atoms with Gasteiger partial charge >= 0.3 is 5.97 Å². The number of halogens is 3. The third kappa shape index (κ3) is 4.06. The lowest BCUT2D eigenvalue weighted by Gasteiger charge is -2.12. The van der Waals surface area contributed by atoms with Crippen LogP contribution in [-0.2, 0) is 0 Å². The molecule has 0 atom stereocenters. The Bertz CT molecular complexity index is 933. The monoisotopic (exact) mass is 439 g/mol. The first kappa shape index (κ1) is 18.0. The number of esters is 1. The maximum Gasteiger partial charge on any atom is 0.347 e. The van der Waals surface area contributed by atoms with E-state index in [0.29, 0.717) is 39.4 Å². The molecule has 2 aromatic carbocycles. The van der Waals surface area contributed by atoms with E-state index in [9.17, 15) is 4.79 Å². The summed E-state index contributed by atoms with van der Waals surface area (Å²) in [4.78, 5) is 16.9. The predicted octanol–water partition coefficient (Wildman–Crippen LogP) is 5.53. The Morgan fingerprint density at radius 2 is 1.88 bits per heavy atom. The number of rotatable bonds is 5. The minimum Gasteiger partial charge on any atom is -0.489 e. The molecule has 0 radical (unpaired) electrons. The molecule has 0 N–H and O–H groups in total. The van der Waals surface area contributed by atoms with Gasteiger partial charge in [0.1, 0.15) is 5.56 Å². The quantitative estimate of drug-likeness (QED) is 0.297. The van der Waals surface area contributed by atoms with E-state index >= 15 is 0 Å². The molecule has 1 heterocycles. The van der Waals surface area contributed by atoms with Crippen molar-refractivity contribution in [1.82, 2.24) is 4.98 Å². The first-order chi connectivity index (χ1) is 12.1. The number of aromatic nitrogens is 1. The molecule has 3 aromatic rings. The number of ether oxygens (including phenoxy) is 2. The van der Waals surface area contributed by atoms with Crippen molar-refractivity contribution in [3.8, 4) is 11.5 Å². The molecule has 1 aromatic heterocycles. The van der Waals surface area contributed by atoms with Crippen LogP contribution in [0.3, 0.4) is 0 Å². The van der Waals surface area contributed by atoms with Gasteiger partial charge in [-0.25, -0.2) is 4.79 Å². The number of nitrogens with zero attached hydrogens (tertiary/aromatic N) is 1. The van der Waals surface area contributed by atoms with Crippen molar-refractivity contribution in [2.75, 3.05) is 11.9 Å². The molecule has 0 unspecified atom stereocenters. The van der Waals surface area contributed by atoms with E-state index in [1.165, 1.54) is 6.20 Å². The van der Waals surface area contributed by atoms with E-state index < -0.39 is 5.97 Å². The molecule has 128 valence electrons.